The summed E-state index contributed by atoms with van der Waals surface area (Å²) in [5, 5.41) is 2.10. The number of fused-ring (bicyclic) bond motifs is 1. The van der Waals surface area contributed by atoms with Crippen LogP contribution in [0.5, 0.6) is 0 Å². The van der Waals surface area contributed by atoms with Crippen molar-refractivity contribution < 1.29 is 4.79 Å². The molecular weight excluding hydrogens is 373 g/mol. The molecule has 0 amide bonds. The van der Waals surface area contributed by atoms with Crippen LogP contribution in [0.2, 0.25) is 0 Å². The van der Waals surface area contributed by atoms with E-state index in [1.807, 2.05) is 60.7 Å². The minimum Gasteiger partial charge on any atom is -0.398 e. The quantitative estimate of drug-likeness (QED) is 0.410. The van der Waals surface area contributed by atoms with E-state index in [0.717, 1.165) is 19.9 Å². The van der Waals surface area contributed by atoms with Gasteiger partial charge in [-0.3, -0.25) is 4.79 Å². The van der Waals surface area contributed by atoms with Gasteiger partial charge in [0, 0.05) is 21.2 Å². The maximum atomic E-state index is 12.5. The zero-order valence-electron chi connectivity index (χ0n) is 11.3. The van der Waals surface area contributed by atoms with Gasteiger partial charge in [-0.05, 0) is 63.2 Å². The Kier molecular flexibility index (Phi) is 3.92. The van der Waals surface area contributed by atoms with E-state index in [9.17, 15) is 4.79 Å². The van der Waals surface area contributed by atoms with E-state index in [0.29, 0.717) is 17.7 Å². The lowest BCUT2D eigenvalue weighted by atomic mass is 9.98. The van der Waals surface area contributed by atoms with E-state index in [4.69, 9.17) is 5.73 Å². The standard InChI is InChI=1S/C18H14INO/c19-15-7-5-12(6-8-15)9-18(21)16-10-13-3-1-2-4-14(13)11-17(16)20/h1-8,10-11H,9,20H2. The molecule has 0 radical (unpaired) electrons. The first-order valence-corrected chi connectivity index (χ1v) is 7.77. The van der Waals surface area contributed by atoms with Crippen molar-refractivity contribution in [3.63, 3.8) is 0 Å². The topological polar surface area (TPSA) is 43.1 Å². The Hall–Kier alpha value is -1.88. The van der Waals surface area contributed by atoms with Crippen LogP contribution in [0, 0.1) is 3.57 Å². The number of nitrogen functional groups attached to an aromatic ring is 1. The summed E-state index contributed by atoms with van der Waals surface area (Å²) in [6.45, 7) is 0. The SMILES string of the molecule is Nc1cc2ccccc2cc1C(=O)Cc1ccc(I)cc1. The number of carbonyl (C=O) groups excluding carboxylic acids is 1. The molecule has 3 aromatic rings. The fourth-order valence-corrected chi connectivity index (χ4v) is 2.74. The number of rotatable bonds is 3. The number of ketones is 1. The summed E-state index contributed by atoms with van der Waals surface area (Å²) in [5.74, 6) is 0.0551. The fourth-order valence-electron chi connectivity index (χ4n) is 2.38. The first kappa shape index (κ1) is 14.1. The molecule has 0 saturated heterocycles. The molecule has 0 spiro atoms. The molecule has 2 nitrogen and oxygen atoms in total. The van der Waals surface area contributed by atoms with E-state index in [1.165, 1.54) is 0 Å². The molecule has 104 valence electrons. The van der Waals surface area contributed by atoms with Gasteiger partial charge in [-0.2, -0.15) is 0 Å². The Balaban J connectivity index is 1.93. The van der Waals surface area contributed by atoms with Gasteiger partial charge in [-0.15, -0.1) is 0 Å². The van der Waals surface area contributed by atoms with Crippen LogP contribution in [-0.2, 0) is 6.42 Å². The molecule has 0 unspecified atom stereocenters. The molecule has 3 rings (SSSR count). The van der Waals surface area contributed by atoms with Gasteiger partial charge in [-0.1, -0.05) is 36.4 Å². The van der Waals surface area contributed by atoms with Gasteiger partial charge in [0.2, 0.25) is 0 Å². The van der Waals surface area contributed by atoms with Crippen LogP contribution in [0.15, 0.2) is 60.7 Å². The van der Waals surface area contributed by atoms with Gasteiger partial charge < -0.3 is 5.73 Å². The molecule has 0 aliphatic carbocycles. The smallest absolute Gasteiger partial charge is 0.169 e. The maximum Gasteiger partial charge on any atom is 0.169 e. The van der Waals surface area contributed by atoms with E-state index >= 15 is 0 Å². The summed E-state index contributed by atoms with van der Waals surface area (Å²) in [5.41, 5.74) is 8.20. The molecule has 0 atom stereocenters. The monoisotopic (exact) mass is 387 g/mol. The second-order valence-corrected chi connectivity index (χ2v) is 6.26. The van der Waals surface area contributed by atoms with E-state index < -0.39 is 0 Å². The lowest BCUT2D eigenvalue weighted by Gasteiger charge is -2.08. The van der Waals surface area contributed by atoms with Crippen molar-refractivity contribution in [2.24, 2.45) is 0 Å². The third-order valence-electron chi connectivity index (χ3n) is 3.50. The highest BCUT2D eigenvalue weighted by Gasteiger charge is 2.12. The zero-order valence-corrected chi connectivity index (χ0v) is 13.5. The Morgan fingerprint density at radius 3 is 2.24 bits per heavy atom. The highest BCUT2D eigenvalue weighted by atomic mass is 127. The van der Waals surface area contributed by atoms with Gasteiger partial charge in [-0.25, -0.2) is 0 Å². The molecule has 0 aromatic heterocycles. The highest BCUT2D eigenvalue weighted by Crippen LogP contribution is 2.23. The van der Waals surface area contributed by atoms with Gasteiger partial charge in [0.05, 0.1) is 0 Å². The number of halogens is 1. The predicted molar refractivity (Wildman–Crippen MR) is 95.6 cm³/mol. The van der Waals surface area contributed by atoms with E-state index in [2.05, 4.69) is 22.6 Å². The Labute approximate surface area is 137 Å². The summed E-state index contributed by atoms with van der Waals surface area (Å²) < 4.78 is 1.16. The van der Waals surface area contributed by atoms with Gasteiger partial charge in [0.15, 0.2) is 5.78 Å². The molecule has 3 aromatic carbocycles. The number of hydrogen-bond donors (Lipinski definition) is 1. The van der Waals surface area contributed by atoms with E-state index in [1.54, 1.807) is 0 Å². The Morgan fingerprint density at radius 2 is 1.57 bits per heavy atom. The highest BCUT2D eigenvalue weighted by molar-refractivity contribution is 14.1. The minimum atomic E-state index is 0.0551. The van der Waals surface area contributed by atoms with Crippen molar-refractivity contribution in [2.45, 2.75) is 6.42 Å². The van der Waals surface area contributed by atoms with Gasteiger partial charge in [0.25, 0.3) is 0 Å². The number of Topliss-reactive ketones (excluding diaryl/α,β-unsaturated/α-hetero) is 1. The second kappa shape index (κ2) is 5.85. The minimum absolute atomic E-state index is 0.0551. The van der Waals surface area contributed by atoms with Crippen molar-refractivity contribution in [3.05, 3.63) is 75.4 Å². The first-order chi connectivity index (χ1) is 10.1. The molecule has 3 heteroatoms. The summed E-state index contributed by atoms with van der Waals surface area (Å²) in [4.78, 5) is 12.5. The van der Waals surface area contributed by atoms with E-state index in [-0.39, 0.29) is 5.78 Å². The Bertz CT molecular complexity index is 809. The van der Waals surface area contributed by atoms with Crippen LogP contribution in [0.1, 0.15) is 15.9 Å². The van der Waals surface area contributed by atoms with Crippen molar-refractivity contribution in [1.29, 1.82) is 0 Å². The van der Waals surface area contributed by atoms with Crippen molar-refractivity contribution in [3.8, 4) is 0 Å². The molecule has 0 fully saturated rings. The summed E-state index contributed by atoms with van der Waals surface area (Å²) in [6.07, 6.45) is 0.374. The van der Waals surface area contributed by atoms with Crippen molar-refractivity contribution >= 4 is 44.8 Å². The first-order valence-electron chi connectivity index (χ1n) is 6.69. The predicted octanol–water partition coefficient (Wildman–Crippen LogP) is 4.45. The van der Waals surface area contributed by atoms with Crippen molar-refractivity contribution in [2.75, 3.05) is 5.73 Å². The van der Waals surface area contributed by atoms with Crippen LogP contribution in [0.4, 0.5) is 5.69 Å². The number of hydrogen-bond acceptors (Lipinski definition) is 2. The molecule has 0 aliphatic heterocycles. The number of carbonyl (C=O) groups is 1. The summed E-state index contributed by atoms with van der Waals surface area (Å²) in [7, 11) is 0. The molecule has 0 saturated carbocycles. The lowest BCUT2D eigenvalue weighted by molar-refractivity contribution is 0.0994. The third-order valence-corrected chi connectivity index (χ3v) is 4.22. The fraction of sp³-hybridized carbons (Fsp3) is 0.0556. The van der Waals surface area contributed by atoms with Crippen molar-refractivity contribution in [1.82, 2.24) is 0 Å². The normalized spacial score (nSPS) is 10.7. The largest absolute Gasteiger partial charge is 0.398 e. The van der Waals surface area contributed by atoms with Crippen LogP contribution in [-0.4, -0.2) is 5.78 Å². The van der Waals surface area contributed by atoms with Gasteiger partial charge >= 0.3 is 0 Å². The van der Waals surface area contributed by atoms with Crippen LogP contribution in [0.25, 0.3) is 10.8 Å². The molecule has 0 bridgehead atoms. The summed E-state index contributed by atoms with van der Waals surface area (Å²) >= 11 is 2.25. The third kappa shape index (κ3) is 3.08. The molecule has 2 N–H and O–H groups in total. The summed E-state index contributed by atoms with van der Waals surface area (Å²) in [6, 6.07) is 19.7. The molecule has 21 heavy (non-hydrogen) atoms. The van der Waals surface area contributed by atoms with Crippen LogP contribution >= 0.6 is 22.6 Å². The second-order valence-electron chi connectivity index (χ2n) is 5.01. The van der Waals surface area contributed by atoms with Gasteiger partial charge in [0.1, 0.15) is 0 Å². The molecular formula is C18H14INO. The number of anilines is 1. The average Bonchev–Trinajstić information content (AvgIpc) is 2.49. The molecule has 0 aliphatic rings. The Morgan fingerprint density at radius 1 is 0.952 bits per heavy atom. The van der Waals surface area contributed by atoms with Crippen LogP contribution in [0.3, 0.4) is 0 Å². The lowest BCUT2D eigenvalue weighted by Crippen LogP contribution is -2.07. The number of nitrogens with two attached hydrogens (primary N) is 1. The maximum absolute atomic E-state index is 12.5. The van der Waals surface area contributed by atoms with Crippen LogP contribution < -0.4 is 5.73 Å². The average molecular weight is 387 g/mol. The zero-order chi connectivity index (χ0) is 14.8. The molecule has 0 heterocycles. The number of benzene rings is 3.